The fourth-order valence-electron chi connectivity index (χ4n) is 10.1. The quantitative estimate of drug-likeness (QED) is 0.210. The van der Waals surface area contributed by atoms with Gasteiger partial charge in [0.25, 0.3) is 0 Å². The standard InChI is InChI=1S/C48H84N2O14/c1-18-37-48(12,55)41(51)31(8)50(15)25-27(4)23-46(10,54)43(29(6)39(30(7)44(53)62-37)63-38-24-47(11,57-17)42(52)32(9)60-38)64-45-40(34(49(13)14)21-28(5)59-45)61-33-19-20-35(56-16)36(22-33)58-26(2)3/h19-20,22,26-32,34,37-43,45,51-52,54-55H,18,21,23-25H2,1-17H3/t27?,28-,29?,30?,31?,32+,34+,37?,38+,39?,40-,41?,42+,43?,45+,46?,47-,48?/m1/s1. The topological polar surface area (TPSA) is 188 Å². The lowest BCUT2D eigenvalue weighted by molar-refractivity contribution is -0.316. The van der Waals surface area contributed by atoms with Gasteiger partial charge in [-0.25, -0.2) is 0 Å². The highest BCUT2D eigenvalue weighted by molar-refractivity contribution is 5.73. The fourth-order valence-corrected chi connectivity index (χ4v) is 10.1. The fraction of sp³-hybridized carbons (Fsp3) is 0.854. The van der Waals surface area contributed by atoms with E-state index in [0.29, 0.717) is 30.2 Å². The predicted octanol–water partition coefficient (Wildman–Crippen LogP) is 4.78. The highest BCUT2D eigenvalue weighted by Crippen LogP contribution is 2.41. The molecule has 4 N–H and O–H groups in total. The van der Waals surface area contributed by atoms with Crippen molar-refractivity contribution in [2.24, 2.45) is 17.8 Å². The molecule has 0 bridgehead atoms. The number of methoxy groups -OCH3 is 2. The van der Waals surface area contributed by atoms with Crippen LogP contribution in [0.5, 0.6) is 17.2 Å². The molecule has 3 aliphatic heterocycles. The van der Waals surface area contributed by atoms with Crippen LogP contribution in [0.15, 0.2) is 18.2 Å². The Hall–Kier alpha value is -2.35. The summed E-state index contributed by atoms with van der Waals surface area (Å²) in [5.41, 5.74) is -4.46. The second-order valence-electron chi connectivity index (χ2n) is 20.2. The molecule has 16 nitrogen and oxygen atoms in total. The smallest absolute Gasteiger partial charge is 0.311 e. The number of benzene rings is 1. The lowest BCUT2D eigenvalue weighted by Gasteiger charge is -2.49. The number of nitrogens with zero attached hydrogens (tertiary/aromatic N) is 2. The van der Waals surface area contributed by atoms with E-state index in [4.69, 9.17) is 42.6 Å². The number of ether oxygens (including phenoxy) is 9. The van der Waals surface area contributed by atoms with E-state index < -0.39 is 96.0 Å². The third kappa shape index (κ3) is 12.6. The molecule has 0 saturated carbocycles. The van der Waals surface area contributed by atoms with Gasteiger partial charge in [-0.2, -0.15) is 0 Å². The molecule has 0 aliphatic carbocycles. The molecule has 4 rings (SSSR count). The maximum atomic E-state index is 14.5. The van der Waals surface area contributed by atoms with Crippen molar-refractivity contribution in [1.29, 1.82) is 0 Å². The molecule has 10 unspecified atom stereocenters. The van der Waals surface area contributed by atoms with E-state index in [0.717, 1.165) is 0 Å². The van der Waals surface area contributed by atoms with E-state index in [1.54, 1.807) is 59.9 Å². The van der Waals surface area contributed by atoms with Gasteiger partial charge >= 0.3 is 5.97 Å². The van der Waals surface area contributed by atoms with E-state index >= 15 is 0 Å². The van der Waals surface area contributed by atoms with Gasteiger partial charge < -0.3 is 72.9 Å². The third-order valence-corrected chi connectivity index (χ3v) is 14.0. The minimum absolute atomic E-state index is 0.121. The second kappa shape index (κ2) is 22.2. The number of cyclic esters (lactones) is 1. The van der Waals surface area contributed by atoms with Crippen molar-refractivity contribution in [2.45, 2.75) is 205 Å². The maximum Gasteiger partial charge on any atom is 0.311 e. The Labute approximate surface area is 383 Å². The van der Waals surface area contributed by atoms with Crippen LogP contribution in [-0.4, -0.2) is 175 Å². The van der Waals surface area contributed by atoms with Crippen molar-refractivity contribution in [1.82, 2.24) is 9.80 Å². The first-order valence-corrected chi connectivity index (χ1v) is 23.3. The van der Waals surface area contributed by atoms with Crippen molar-refractivity contribution in [3.63, 3.8) is 0 Å². The van der Waals surface area contributed by atoms with Crippen LogP contribution in [0.3, 0.4) is 0 Å². The molecule has 1 aromatic carbocycles. The SMILES string of the molecule is CCC1OC(=O)C(C)C(O[C@H]2C[C@@](C)(OC)[C@@H](O)[C@H](C)O2)C(C)C(O[C@@H]2O[C@H](C)C[C@H](N(C)C)[C@H]2Oc2ccc(OC)c(OC(C)C)c2)C(C)(O)CC(C)CN(C)C(C)C(O)C1(C)O. The lowest BCUT2D eigenvalue weighted by atomic mass is 9.77. The third-order valence-electron chi connectivity index (χ3n) is 14.0. The van der Waals surface area contributed by atoms with Crippen LogP contribution in [0.25, 0.3) is 0 Å². The van der Waals surface area contributed by atoms with E-state index in [2.05, 4.69) is 4.90 Å². The van der Waals surface area contributed by atoms with Crippen LogP contribution in [0.1, 0.15) is 109 Å². The van der Waals surface area contributed by atoms with Crippen LogP contribution >= 0.6 is 0 Å². The Bertz CT molecular complexity index is 1630. The zero-order chi connectivity index (χ0) is 48.2. The molecule has 1 aromatic rings. The summed E-state index contributed by atoms with van der Waals surface area (Å²) in [6, 6.07) is 4.62. The van der Waals surface area contributed by atoms with Crippen molar-refractivity contribution in [3.8, 4) is 17.2 Å². The normalized spacial score (nSPS) is 42.4. The van der Waals surface area contributed by atoms with Crippen molar-refractivity contribution in [2.75, 3.05) is 41.9 Å². The number of aliphatic hydroxyl groups excluding tert-OH is 2. The molecular weight excluding hydrogens is 829 g/mol. The first-order chi connectivity index (χ1) is 29.7. The van der Waals surface area contributed by atoms with Crippen molar-refractivity contribution in [3.05, 3.63) is 18.2 Å². The number of esters is 1. The first kappa shape index (κ1) is 54.3. The van der Waals surface area contributed by atoms with Crippen LogP contribution < -0.4 is 14.2 Å². The van der Waals surface area contributed by atoms with Gasteiger partial charge in [0.05, 0.1) is 60.8 Å². The Kier molecular flexibility index (Phi) is 18.8. The number of hydrogen-bond acceptors (Lipinski definition) is 16. The molecule has 18 atom stereocenters. The molecule has 3 aliphatic rings. The van der Waals surface area contributed by atoms with E-state index in [9.17, 15) is 25.2 Å². The van der Waals surface area contributed by atoms with Crippen LogP contribution in [-0.2, 0) is 33.2 Å². The van der Waals surface area contributed by atoms with Gasteiger partial charge in [-0.15, -0.1) is 0 Å². The van der Waals surface area contributed by atoms with Crippen molar-refractivity contribution < 1.29 is 67.9 Å². The molecule has 0 aromatic heterocycles. The Balaban J connectivity index is 1.89. The number of carbonyl (C=O) groups is 1. The minimum Gasteiger partial charge on any atom is -0.493 e. The zero-order valence-electron chi connectivity index (χ0n) is 41.8. The minimum atomic E-state index is -1.82. The van der Waals surface area contributed by atoms with Gasteiger partial charge in [0.2, 0.25) is 0 Å². The maximum absolute atomic E-state index is 14.5. The van der Waals surface area contributed by atoms with Gasteiger partial charge in [-0.3, -0.25) is 4.79 Å². The summed E-state index contributed by atoms with van der Waals surface area (Å²) in [6.07, 6.45) is -8.10. The second-order valence-corrected chi connectivity index (χ2v) is 20.2. The van der Waals surface area contributed by atoms with Gasteiger partial charge in [0.15, 0.2) is 30.2 Å². The molecule has 0 radical (unpaired) electrons. The highest BCUT2D eigenvalue weighted by atomic mass is 16.7. The molecule has 3 fully saturated rings. The van der Waals surface area contributed by atoms with Gasteiger partial charge in [-0.1, -0.05) is 20.8 Å². The first-order valence-electron chi connectivity index (χ1n) is 23.3. The van der Waals surface area contributed by atoms with Crippen LogP contribution in [0.4, 0.5) is 0 Å². The Morgan fingerprint density at radius 1 is 0.922 bits per heavy atom. The number of aliphatic hydroxyl groups is 4. The molecule has 3 heterocycles. The zero-order valence-corrected chi connectivity index (χ0v) is 41.8. The number of carbonyl (C=O) groups excluding carboxylic acids is 1. The van der Waals surface area contributed by atoms with Crippen LogP contribution in [0.2, 0.25) is 0 Å². The molecular formula is C48H84N2O14. The summed E-state index contributed by atoms with van der Waals surface area (Å²) in [6.45, 7) is 22.2. The van der Waals surface area contributed by atoms with Gasteiger partial charge in [-0.05, 0) is 121 Å². The molecule has 16 heteroatoms. The summed E-state index contributed by atoms with van der Waals surface area (Å²) >= 11 is 0. The predicted molar refractivity (Wildman–Crippen MR) is 241 cm³/mol. The number of hydrogen-bond donors (Lipinski definition) is 4. The highest BCUT2D eigenvalue weighted by Gasteiger charge is 2.53. The van der Waals surface area contributed by atoms with E-state index in [1.165, 1.54) is 14.0 Å². The largest absolute Gasteiger partial charge is 0.493 e. The summed E-state index contributed by atoms with van der Waals surface area (Å²) < 4.78 is 57.5. The number of rotatable bonds is 12. The molecule has 370 valence electrons. The van der Waals surface area contributed by atoms with Crippen molar-refractivity contribution >= 4 is 5.97 Å². The Morgan fingerprint density at radius 3 is 2.16 bits per heavy atom. The summed E-state index contributed by atoms with van der Waals surface area (Å²) in [5.74, 6) is -1.09. The molecule has 0 amide bonds. The lowest BCUT2D eigenvalue weighted by Crippen LogP contribution is -2.61. The Morgan fingerprint density at radius 2 is 1.58 bits per heavy atom. The van der Waals surface area contributed by atoms with Gasteiger partial charge in [0.1, 0.15) is 29.7 Å². The summed E-state index contributed by atoms with van der Waals surface area (Å²) in [4.78, 5) is 18.6. The number of likely N-dealkylation sites (N-methyl/N-ethyl adjacent to an activating group) is 2. The average molecular weight is 913 g/mol. The van der Waals surface area contributed by atoms with E-state index in [1.807, 2.05) is 67.6 Å². The summed E-state index contributed by atoms with van der Waals surface area (Å²) in [7, 11) is 8.91. The molecule has 0 spiro atoms. The van der Waals surface area contributed by atoms with E-state index in [-0.39, 0.29) is 43.4 Å². The molecule has 64 heavy (non-hydrogen) atoms. The molecule has 3 saturated heterocycles. The van der Waals surface area contributed by atoms with Gasteiger partial charge in [0, 0.05) is 38.1 Å². The summed E-state index contributed by atoms with van der Waals surface area (Å²) in [5, 5.41) is 47.6. The monoisotopic (exact) mass is 913 g/mol. The van der Waals surface area contributed by atoms with Crippen LogP contribution in [0, 0.1) is 17.8 Å². The average Bonchev–Trinajstić information content (AvgIpc) is 3.21.